The number of nitrogens with two attached hydrogens (primary N) is 1. The minimum Gasteiger partial charge on any atom is -0.493 e. The fourth-order valence-electron chi connectivity index (χ4n) is 2.03. The number of carbonyl (C=O) groups excluding carboxylic acids is 2. The number of anilines is 1. The number of hydrogen-bond donors (Lipinski definition) is 3. The summed E-state index contributed by atoms with van der Waals surface area (Å²) in [6.07, 6.45) is 1.40. The van der Waals surface area contributed by atoms with Gasteiger partial charge in [0.25, 0.3) is 5.91 Å². The first-order chi connectivity index (χ1) is 12.5. The van der Waals surface area contributed by atoms with Crippen molar-refractivity contribution in [3.63, 3.8) is 0 Å². The Balaban J connectivity index is 1.95. The van der Waals surface area contributed by atoms with E-state index in [1.807, 2.05) is 31.2 Å². The molecule has 0 atom stereocenters. The lowest BCUT2D eigenvalue weighted by atomic mass is 10.2. The summed E-state index contributed by atoms with van der Waals surface area (Å²) in [5.74, 6) is 0.551. The minimum absolute atomic E-state index is 0.166. The quantitative estimate of drug-likeness (QED) is 0.520. The van der Waals surface area contributed by atoms with Crippen LogP contribution in [0.3, 0.4) is 0 Å². The van der Waals surface area contributed by atoms with Crippen molar-refractivity contribution in [1.82, 2.24) is 5.43 Å². The highest BCUT2D eigenvalue weighted by Crippen LogP contribution is 2.27. The Morgan fingerprint density at radius 2 is 1.88 bits per heavy atom. The van der Waals surface area contributed by atoms with Crippen LogP contribution >= 0.6 is 0 Å². The summed E-state index contributed by atoms with van der Waals surface area (Å²) in [4.78, 5) is 22.6. The summed E-state index contributed by atoms with van der Waals surface area (Å²) >= 11 is 0. The maximum absolute atomic E-state index is 12.0. The van der Waals surface area contributed by atoms with Crippen LogP contribution in [0.25, 0.3) is 0 Å². The van der Waals surface area contributed by atoms with Gasteiger partial charge < -0.3 is 20.5 Å². The van der Waals surface area contributed by atoms with Gasteiger partial charge in [-0.15, -0.1) is 0 Å². The number of nitrogens with zero attached hydrogens (tertiary/aromatic N) is 1. The van der Waals surface area contributed by atoms with Crippen molar-refractivity contribution in [1.29, 1.82) is 0 Å². The standard InChI is InChI=1S/C18H20N4O4/c1-12-3-6-14(7-4-12)21-17(23)11-26-15-8-5-13(9-16(15)25-2)10-20-22-18(19)24/h3-10H,11H2,1-2H3,(H,21,23)(H3,19,22,24)/b20-10-. The molecular weight excluding hydrogens is 336 g/mol. The highest BCUT2D eigenvalue weighted by molar-refractivity contribution is 5.92. The fourth-order valence-corrected chi connectivity index (χ4v) is 2.03. The first kappa shape index (κ1) is 18.8. The predicted molar refractivity (Wildman–Crippen MR) is 98.6 cm³/mol. The Hall–Kier alpha value is -3.55. The van der Waals surface area contributed by atoms with Gasteiger partial charge in [0.05, 0.1) is 13.3 Å². The lowest BCUT2D eigenvalue weighted by Gasteiger charge is -2.11. The normalized spacial score (nSPS) is 10.4. The molecule has 0 saturated carbocycles. The van der Waals surface area contributed by atoms with Crippen molar-refractivity contribution in [2.75, 3.05) is 19.0 Å². The Kier molecular flexibility index (Phi) is 6.55. The molecule has 0 aliphatic heterocycles. The second-order valence-corrected chi connectivity index (χ2v) is 5.35. The highest BCUT2D eigenvalue weighted by atomic mass is 16.5. The van der Waals surface area contributed by atoms with E-state index in [9.17, 15) is 9.59 Å². The molecule has 2 aromatic rings. The molecule has 4 N–H and O–H groups in total. The molecule has 3 amide bonds. The molecule has 2 aromatic carbocycles. The van der Waals surface area contributed by atoms with E-state index in [-0.39, 0.29) is 12.5 Å². The third kappa shape index (κ3) is 5.82. The van der Waals surface area contributed by atoms with E-state index in [0.717, 1.165) is 5.56 Å². The van der Waals surface area contributed by atoms with Crippen LogP contribution < -0.4 is 25.9 Å². The summed E-state index contributed by atoms with van der Waals surface area (Å²) in [6, 6.07) is 11.7. The number of primary amides is 1. The molecule has 0 spiro atoms. The molecule has 0 saturated heterocycles. The Morgan fingerprint density at radius 3 is 2.54 bits per heavy atom. The highest BCUT2D eigenvalue weighted by Gasteiger charge is 2.09. The number of hydrogen-bond acceptors (Lipinski definition) is 5. The van der Waals surface area contributed by atoms with Gasteiger partial charge in [0.15, 0.2) is 18.1 Å². The van der Waals surface area contributed by atoms with Gasteiger partial charge in [-0.1, -0.05) is 17.7 Å². The van der Waals surface area contributed by atoms with Crippen molar-refractivity contribution in [2.24, 2.45) is 10.8 Å². The maximum atomic E-state index is 12.0. The molecule has 2 rings (SSSR count). The van der Waals surface area contributed by atoms with Gasteiger partial charge in [0, 0.05) is 5.69 Å². The number of methoxy groups -OCH3 is 1. The zero-order valence-electron chi connectivity index (χ0n) is 14.5. The second-order valence-electron chi connectivity index (χ2n) is 5.35. The zero-order valence-corrected chi connectivity index (χ0v) is 14.5. The molecule has 136 valence electrons. The predicted octanol–water partition coefficient (Wildman–Crippen LogP) is 2.02. The number of aryl methyl sites for hydroxylation is 1. The van der Waals surface area contributed by atoms with E-state index < -0.39 is 6.03 Å². The summed E-state index contributed by atoms with van der Waals surface area (Å²) in [5.41, 5.74) is 9.48. The van der Waals surface area contributed by atoms with Crippen molar-refractivity contribution in [2.45, 2.75) is 6.92 Å². The smallest absolute Gasteiger partial charge is 0.332 e. The average Bonchev–Trinajstić information content (AvgIpc) is 2.62. The van der Waals surface area contributed by atoms with Crippen LogP contribution in [0.1, 0.15) is 11.1 Å². The SMILES string of the molecule is COc1cc(/C=N\NC(N)=O)ccc1OCC(=O)Nc1ccc(C)cc1. The molecule has 0 unspecified atom stereocenters. The largest absolute Gasteiger partial charge is 0.493 e. The van der Waals surface area contributed by atoms with Crippen LogP contribution in [0.4, 0.5) is 10.5 Å². The lowest BCUT2D eigenvalue weighted by Crippen LogP contribution is -2.24. The van der Waals surface area contributed by atoms with E-state index in [1.54, 1.807) is 18.2 Å². The molecule has 0 radical (unpaired) electrons. The Morgan fingerprint density at radius 1 is 1.15 bits per heavy atom. The summed E-state index contributed by atoms with van der Waals surface area (Å²) in [6.45, 7) is 1.81. The van der Waals surface area contributed by atoms with Gasteiger partial charge in [-0.25, -0.2) is 10.2 Å². The third-order valence-corrected chi connectivity index (χ3v) is 3.27. The Bertz CT molecular complexity index is 803. The molecule has 0 bridgehead atoms. The molecule has 26 heavy (non-hydrogen) atoms. The monoisotopic (exact) mass is 356 g/mol. The number of hydrazone groups is 1. The number of ether oxygens (including phenoxy) is 2. The van der Waals surface area contributed by atoms with E-state index in [0.29, 0.717) is 22.7 Å². The molecule has 8 nitrogen and oxygen atoms in total. The number of carbonyl (C=O) groups is 2. The van der Waals surface area contributed by atoms with Crippen LogP contribution in [-0.4, -0.2) is 31.9 Å². The summed E-state index contributed by atoms with van der Waals surface area (Å²) in [7, 11) is 1.48. The molecule has 0 aliphatic carbocycles. The number of benzene rings is 2. The molecule has 8 heteroatoms. The van der Waals surface area contributed by atoms with Gasteiger partial charge in [-0.3, -0.25) is 4.79 Å². The fraction of sp³-hybridized carbons (Fsp3) is 0.167. The van der Waals surface area contributed by atoms with Crippen molar-refractivity contribution >= 4 is 23.8 Å². The van der Waals surface area contributed by atoms with Gasteiger partial charge in [0.2, 0.25) is 0 Å². The second kappa shape index (κ2) is 9.07. The molecular formula is C18H20N4O4. The number of amides is 3. The molecule has 0 aromatic heterocycles. The van der Waals surface area contributed by atoms with Gasteiger partial charge in [0.1, 0.15) is 0 Å². The summed E-state index contributed by atoms with van der Waals surface area (Å²) in [5, 5.41) is 6.41. The average molecular weight is 356 g/mol. The van der Waals surface area contributed by atoms with Crippen LogP contribution in [0.15, 0.2) is 47.6 Å². The van der Waals surface area contributed by atoms with E-state index in [2.05, 4.69) is 15.8 Å². The minimum atomic E-state index is -0.757. The zero-order chi connectivity index (χ0) is 18.9. The van der Waals surface area contributed by atoms with E-state index >= 15 is 0 Å². The van der Waals surface area contributed by atoms with Gasteiger partial charge >= 0.3 is 6.03 Å². The van der Waals surface area contributed by atoms with E-state index in [4.69, 9.17) is 15.2 Å². The number of urea groups is 1. The summed E-state index contributed by atoms with van der Waals surface area (Å²) < 4.78 is 10.8. The number of nitrogens with one attached hydrogen (secondary N) is 2. The van der Waals surface area contributed by atoms with Crippen molar-refractivity contribution < 1.29 is 19.1 Å². The first-order valence-electron chi connectivity index (χ1n) is 7.74. The van der Waals surface area contributed by atoms with Crippen LogP contribution in [-0.2, 0) is 4.79 Å². The number of rotatable bonds is 7. The first-order valence-corrected chi connectivity index (χ1v) is 7.74. The van der Waals surface area contributed by atoms with Gasteiger partial charge in [-0.2, -0.15) is 5.10 Å². The van der Waals surface area contributed by atoms with Crippen LogP contribution in [0.5, 0.6) is 11.5 Å². The topological polar surface area (TPSA) is 115 Å². The molecule has 0 fully saturated rings. The van der Waals surface area contributed by atoms with Crippen LogP contribution in [0, 0.1) is 6.92 Å². The molecule has 0 aliphatic rings. The van der Waals surface area contributed by atoms with E-state index in [1.165, 1.54) is 13.3 Å². The third-order valence-electron chi connectivity index (χ3n) is 3.27. The molecule has 0 heterocycles. The lowest BCUT2D eigenvalue weighted by molar-refractivity contribution is -0.118. The van der Waals surface area contributed by atoms with Crippen molar-refractivity contribution in [3.05, 3.63) is 53.6 Å². The van der Waals surface area contributed by atoms with Crippen molar-refractivity contribution in [3.8, 4) is 11.5 Å². The Labute approximate surface area is 151 Å². The van der Waals surface area contributed by atoms with Gasteiger partial charge in [-0.05, 0) is 42.8 Å². The maximum Gasteiger partial charge on any atom is 0.332 e. The van der Waals surface area contributed by atoms with Crippen LogP contribution in [0.2, 0.25) is 0 Å².